The average molecular weight is 160 g/mol. The Balaban J connectivity index is 3.70. The maximum atomic E-state index is 10.4. The van der Waals surface area contributed by atoms with Crippen LogP contribution in [0, 0.1) is 5.92 Å². The number of hydrogen-bond donors (Lipinski definition) is 2. The predicted molar refractivity (Wildman–Crippen MR) is 38.3 cm³/mol. The van der Waals surface area contributed by atoms with E-state index in [4.69, 9.17) is 10.2 Å². The Bertz CT molecular complexity index is 153. The number of carboxylic acid groups (broad SMARTS) is 2. The molecule has 0 aromatic rings. The summed E-state index contributed by atoms with van der Waals surface area (Å²) in [6, 6.07) is 0. The molecule has 0 fully saturated rings. The molecule has 4 heteroatoms. The first-order valence-electron chi connectivity index (χ1n) is 3.52. The highest BCUT2D eigenvalue weighted by atomic mass is 16.4. The Morgan fingerprint density at radius 3 is 2.18 bits per heavy atom. The van der Waals surface area contributed by atoms with Gasteiger partial charge in [-0.25, -0.2) is 0 Å². The van der Waals surface area contributed by atoms with E-state index in [1.54, 1.807) is 6.92 Å². The standard InChI is InChI=1S/C7H12O4/c1-2-5(7(10)11)3-4-6(8)9/h5H,2-4H2,1H3,(H,8,9)(H,10,11)/t5-/m1/s1. The zero-order valence-electron chi connectivity index (χ0n) is 6.41. The van der Waals surface area contributed by atoms with Crippen LogP contribution >= 0.6 is 0 Å². The van der Waals surface area contributed by atoms with Gasteiger partial charge in [-0.3, -0.25) is 9.59 Å². The van der Waals surface area contributed by atoms with E-state index in [9.17, 15) is 9.59 Å². The van der Waals surface area contributed by atoms with Gasteiger partial charge in [0.25, 0.3) is 0 Å². The molecule has 0 amide bonds. The Hall–Kier alpha value is -1.06. The van der Waals surface area contributed by atoms with Gasteiger partial charge in [-0.05, 0) is 12.8 Å². The molecule has 0 aromatic carbocycles. The minimum absolute atomic E-state index is 0.0647. The Kier molecular flexibility index (Phi) is 4.26. The van der Waals surface area contributed by atoms with Crippen molar-refractivity contribution in [2.45, 2.75) is 26.2 Å². The lowest BCUT2D eigenvalue weighted by molar-refractivity contribution is -0.143. The summed E-state index contributed by atoms with van der Waals surface area (Å²) < 4.78 is 0. The van der Waals surface area contributed by atoms with Gasteiger partial charge in [0.2, 0.25) is 0 Å². The van der Waals surface area contributed by atoms with Crippen molar-refractivity contribution in [2.24, 2.45) is 5.92 Å². The molecule has 0 spiro atoms. The molecule has 1 atom stereocenters. The minimum Gasteiger partial charge on any atom is -0.481 e. The van der Waals surface area contributed by atoms with Gasteiger partial charge in [-0.2, -0.15) is 0 Å². The third-order valence-corrected chi connectivity index (χ3v) is 1.55. The molecular weight excluding hydrogens is 148 g/mol. The molecular formula is C7H12O4. The van der Waals surface area contributed by atoms with Crippen molar-refractivity contribution in [3.8, 4) is 0 Å². The highest BCUT2D eigenvalue weighted by molar-refractivity contribution is 5.72. The van der Waals surface area contributed by atoms with Crippen LogP contribution in [-0.2, 0) is 9.59 Å². The number of carbonyl (C=O) groups is 2. The van der Waals surface area contributed by atoms with Gasteiger partial charge < -0.3 is 10.2 Å². The number of hydrogen-bond acceptors (Lipinski definition) is 2. The Morgan fingerprint density at radius 2 is 1.91 bits per heavy atom. The molecule has 0 saturated carbocycles. The lowest BCUT2D eigenvalue weighted by atomic mass is 10.0. The highest BCUT2D eigenvalue weighted by Crippen LogP contribution is 2.10. The molecule has 0 rings (SSSR count). The van der Waals surface area contributed by atoms with E-state index in [-0.39, 0.29) is 12.8 Å². The van der Waals surface area contributed by atoms with Crippen LogP contribution in [0.4, 0.5) is 0 Å². The van der Waals surface area contributed by atoms with Crippen molar-refractivity contribution in [1.29, 1.82) is 0 Å². The largest absolute Gasteiger partial charge is 0.481 e. The van der Waals surface area contributed by atoms with Crippen molar-refractivity contribution in [3.05, 3.63) is 0 Å². The van der Waals surface area contributed by atoms with Crippen molar-refractivity contribution >= 4 is 11.9 Å². The first kappa shape index (κ1) is 9.94. The van der Waals surface area contributed by atoms with Crippen LogP contribution in [0.1, 0.15) is 26.2 Å². The summed E-state index contributed by atoms with van der Waals surface area (Å²) in [5, 5.41) is 16.7. The molecule has 4 nitrogen and oxygen atoms in total. The van der Waals surface area contributed by atoms with E-state index in [0.29, 0.717) is 6.42 Å². The molecule has 11 heavy (non-hydrogen) atoms. The smallest absolute Gasteiger partial charge is 0.306 e. The van der Waals surface area contributed by atoms with E-state index in [2.05, 4.69) is 0 Å². The van der Waals surface area contributed by atoms with Gasteiger partial charge >= 0.3 is 11.9 Å². The van der Waals surface area contributed by atoms with Crippen LogP contribution in [0.5, 0.6) is 0 Å². The third kappa shape index (κ3) is 4.36. The van der Waals surface area contributed by atoms with Gasteiger partial charge in [0, 0.05) is 6.42 Å². The number of carboxylic acids is 2. The van der Waals surface area contributed by atoms with Crippen LogP contribution in [0.25, 0.3) is 0 Å². The molecule has 0 saturated heterocycles. The second kappa shape index (κ2) is 4.71. The van der Waals surface area contributed by atoms with Crippen LogP contribution in [0.15, 0.2) is 0 Å². The van der Waals surface area contributed by atoms with Crippen molar-refractivity contribution in [1.82, 2.24) is 0 Å². The maximum absolute atomic E-state index is 10.4. The predicted octanol–water partition coefficient (Wildman–Crippen LogP) is 0.962. The summed E-state index contributed by atoms with van der Waals surface area (Å²) in [6.45, 7) is 1.74. The van der Waals surface area contributed by atoms with Crippen molar-refractivity contribution in [3.63, 3.8) is 0 Å². The molecule has 0 radical (unpaired) electrons. The average Bonchev–Trinajstić information content (AvgIpc) is 1.87. The minimum atomic E-state index is -0.940. The monoisotopic (exact) mass is 160 g/mol. The van der Waals surface area contributed by atoms with Gasteiger partial charge in [-0.1, -0.05) is 6.92 Å². The molecule has 0 aromatic heterocycles. The summed E-state index contributed by atoms with van der Waals surface area (Å²) in [4.78, 5) is 20.4. The quantitative estimate of drug-likeness (QED) is 0.628. The molecule has 0 heterocycles. The Labute approximate surface area is 64.8 Å². The lowest BCUT2D eigenvalue weighted by Gasteiger charge is -2.05. The van der Waals surface area contributed by atoms with Gasteiger partial charge in [-0.15, -0.1) is 0 Å². The van der Waals surface area contributed by atoms with Crippen LogP contribution in [-0.4, -0.2) is 22.2 Å². The van der Waals surface area contributed by atoms with Crippen LogP contribution in [0.3, 0.4) is 0 Å². The number of aliphatic carboxylic acids is 2. The maximum Gasteiger partial charge on any atom is 0.306 e. The summed E-state index contributed by atoms with van der Waals surface area (Å²) in [6.07, 6.45) is 0.647. The molecule has 0 unspecified atom stereocenters. The van der Waals surface area contributed by atoms with E-state index in [0.717, 1.165) is 0 Å². The van der Waals surface area contributed by atoms with Crippen LogP contribution in [0.2, 0.25) is 0 Å². The third-order valence-electron chi connectivity index (χ3n) is 1.55. The molecule has 0 bridgehead atoms. The summed E-state index contributed by atoms with van der Waals surface area (Å²) >= 11 is 0. The highest BCUT2D eigenvalue weighted by Gasteiger charge is 2.15. The second-order valence-electron chi connectivity index (χ2n) is 2.38. The zero-order chi connectivity index (χ0) is 8.85. The molecule has 0 aliphatic heterocycles. The number of rotatable bonds is 5. The first-order valence-corrected chi connectivity index (χ1v) is 3.52. The molecule has 64 valence electrons. The molecule has 0 aliphatic carbocycles. The Morgan fingerprint density at radius 1 is 1.36 bits per heavy atom. The summed E-state index contributed by atoms with van der Waals surface area (Å²) in [5.41, 5.74) is 0. The lowest BCUT2D eigenvalue weighted by Crippen LogP contribution is -2.13. The van der Waals surface area contributed by atoms with Gasteiger partial charge in [0.05, 0.1) is 5.92 Å². The summed E-state index contributed by atoms with van der Waals surface area (Å²) in [7, 11) is 0. The van der Waals surface area contributed by atoms with Crippen LogP contribution < -0.4 is 0 Å². The first-order chi connectivity index (χ1) is 5.07. The fraction of sp³-hybridized carbons (Fsp3) is 0.714. The summed E-state index contributed by atoms with van der Waals surface area (Å²) in [5.74, 6) is -2.36. The fourth-order valence-corrected chi connectivity index (χ4v) is 0.800. The SMILES string of the molecule is CC[C@H](CCC(=O)O)C(=O)O. The van der Waals surface area contributed by atoms with E-state index >= 15 is 0 Å². The van der Waals surface area contributed by atoms with Crippen molar-refractivity contribution < 1.29 is 19.8 Å². The topological polar surface area (TPSA) is 74.6 Å². The fourth-order valence-electron chi connectivity index (χ4n) is 0.800. The van der Waals surface area contributed by atoms with Gasteiger partial charge in [0.15, 0.2) is 0 Å². The zero-order valence-corrected chi connectivity index (χ0v) is 6.41. The normalized spacial score (nSPS) is 12.5. The van der Waals surface area contributed by atoms with E-state index in [1.807, 2.05) is 0 Å². The molecule has 2 N–H and O–H groups in total. The van der Waals surface area contributed by atoms with E-state index < -0.39 is 17.9 Å². The molecule has 0 aliphatic rings. The van der Waals surface area contributed by atoms with E-state index in [1.165, 1.54) is 0 Å². The second-order valence-corrected chi connectivity index (χ2v) is 2.38. The van der Waals surface area contributed by atoms with Crippen molar-refractivity contribution in [2.75, 3.05) is 0 Å². The van der Waals surface area contributed by atoms with Gasteiger partial charge in [0.1, 0.15) is 0 Å².